The van der Waals surface area contributed by atoms with E-state index in [9.17, 15) is 4.79 Å². The van der Waals surface area contributed by atoms with Crippen molar-refractivity contribution in [1.82, 2.24) is 10.3 Å². The van der Waals surface area contributed by atoms with Crippen LogP contribution in [-0.2, 0) is 4.79 Å². The average Bonchev–Trinajstić information content (AvgIpc) is 3.13. The van der Waals surface area contributed by atoms with Gasteiger partial charge in [-0.25, -0.2) is 0 Å². The van der Waals surface area contributed by atoms with E-state index in [0.717, 1.165) is 30.3 Å². The van der Waals surface area contributed by atoms with Gasteiger partial charge in [0.15, 0.2) is 0 Å². The zero-order valence-electron chi connectivity index (χ0n) is 11.4. The van der Waals surface area contributed by atoms with E-state index >= 15 is 0 Å². The number of pyridine rings is 1. The molecule has 3 heteroatoms. The molecule has 0 radical (unpaired) electrons. The molecule has 1 saturated carbocycles. The minimum atomic E-state index is 0.762. The molecule has 96 valence electrons. The SMILES string of the molecule is CC.Cc1cccc(C)n1.O=CNCC1CC1. The van der Waals surface area contributed by atoms with Gasteiger partial charge >= 0.3 is 0 Å². The third-order valence-corrected chi connectivity index (χ3v) is 2.21. The van der Waals surface area contributed by atoms with Gasteiger partial charge in [0, 0.05) is 17.9 Å². The van der Waals surface area contributed by atoms with Crippen LogP contribution in [0.4, 0.5) is 0 Å². The van der Waals surface area contributed by atoms with Crippen molar-refractivity contribution in [2.45, 2.75) is 40.5 Å². The first-order valence-electron chi connectivity index (χ1n) is 6.29. The zero-order chi connectivity index (χ0) is 13.1. The lowest BCUT2D eigenvalue weighted by atomic mass is 10.3. The van der Waals surface area contributed by atoms with Gasteiger partial charge < -0.3 is 5.32 Å². The molecule has 1 aromatic rings. The smallest absolute Gasteiger partial charge is 0.207 e. The molecule has 0 bridgehead atoms. The maximum atomic E-state index is 9.63. The molecule has 1 aromatic heterocycles. The number of hydrogen-bond donors (Lipinski definition) is 1. The van der Waals surface area contributed by atoms with Crippen molar-refractivity contribution in [3.63, 3.8) is 0 Å². The molecular weight excluding hydrogens is 212 g/mol. The molecule has 1 aliphatic carbocycles. The molecule has 1 aliphatic rings. The molecule has 0 spiro atoms. The third kappa shape index (κ3) is 9.54. The third-order valence-electron chi connectivity index (χ3n) is 2.21. The summed E-state index contributed by atoms with van der Waals surface area (Å²) in [5.74, 6) is 0.810. The van der Waals surface area contributed by atoms with Crippen LogP contribution in [0.5, 0.6) is 0 Å². The predicted molar refractivity (Wildman–Crippen MR) is 71.8 cm³/mol. The van der Waals surface area contributed by atoms with E-state index in [2.05, 4.69) is 10.3 Å². The number of amides is 1. The lowest BCUT2D eigenvalue weighted by molar-refractivity contribution is -0.109. The van der Waals surface area contributed by atoms with Crippen LogP contribution in [0.25, 0.3) is 0 Å². The molecule has 2 rings (SSSR count). The second kappa shape index (κ2) is 9.82. The van der Waals surface area contributed by atoms with Crippen LogP contribution in [0, 0.1) is 19.8 Å². The Balaban J connectivity index is 0.000000265. The van der Waals surface area contributed by atoms with Crippen LogP contribution in [-0.4, -0.2) is 17.9 Å². The number of aromatic nitrogens is 1. The zero-order valence-corrected chi connectivity index (χ0v) is 11.4. The van der Waals surface area contributed by atoms with Crippen molar-refractivity contribution in [2.75, 3.05) is 6.54 Å². The first kappa shape index (κ1) is 15.6. The average molecular weight is 236 g/mol. The monoisotopic (exact) mass is 236 g/mol. The lowest BCUT2D eigenvalue weighted by Crippen LogP contribution is -2.13. The summed E-state index contributed by atoms with van der Waals surface area (Å²) in [6, 6.07) is 6.00. The summed E-state index contributed by atoms with van der Waals surface area (Å²) >= 11 is 0. The Morgan fingerprint density at radius 3 is 2.12 bits per heavy atom. The van der Waals surface area contributed by atoms with Gasteiger partial charge in [-0.1, -0.05) is 19.9 Å². The van der Waals surface area contributed by atoms with Gasteiger partial charge in [-0.3, -0.25) is 9.78 Å². The molecule has 0 aliphatic heterocycles. The van der Waals surface area contributed by atoms with E-state index in [0.29, 0.717) is 0 Å². The molecule has 0 atom stereocenters. The van der Waals surface area contributed by atoms with Crippen LogP contribution >= 0.6 is 0 Å². The summed E-state index contributed by atoms with van der Waals surface area (Å²) in [7, 11) is 0. The fraction of sp³-hybridized carbons (Fsp3) is 0.571. The Morgan fingerprint density at radius 2 is 1.82 bits per heavy atom. The Morgan fingerprint density at radius 1 is 1.29 bits per heavy atom. The van der Waals surface area contributed by atoms with Crippen LogP contribution in [0.1, 0.15) is 38.1 Å². The van der Waals surface area contributed by atoms with Crippen LogP contribution in [0.15, 0.2) is 18.2 Å². The summed E-state index contributed by atoms with van der Waals surface area (Å²) in [6.07, 6.45) is 3.38. The maximum Gasteiger partial charge on any atom is 0.207 e. The molecule has 1 amide bonds. The van der Waals surface area contributed by atoms with Gasteiger partial charge in [0.1, 0.15) is 0 Å². The fourth-order valence-corrected chi connectivity index (χ4v) is 1.22. The lowest BCUT2D eigenvalue weighted by Gasteiger charge is -1.90. The van der Waals surface area contributed by atoms with Gasteiger partial charge in [0.2, 0.25) is 6.41 Å². The molecule has 1 fully saturated rings. The number of aryl methyl sites for hydroxylation is 2. The van der Waals surface area contributed by atoms with Gasteiger partial charge in [0.25, 0.3) is 0 Å². The van der Waals surface area contributed by atoms with Gasteiger partial charge in [0.05, 0.1) is 0 Å². The summed E-state index contributed by atoms with van der Waals surface area (Å²) in [4.78, 5) is 13.8. The van der Waals surface area contributed by atoms with E-state index in [4.69, 9.17) is 0 Å². The minimum absolute atomic E-state index is 0.762. The topological polar surface area (TPSA) is 42.0 Å². The molecule has 3 nitrogen and oxygen atoms in total. The highest BCUT2D eigenvalue weighted by Crippen LogP contribution is 2.27. The summed E-state index contributed by atoms with van der Waals surface area (Å²) in [5, 5.41) is 2.63. The fourth-order valence-electron chi connectivity index (χ4n) is 1.22. The van der Waals surface area contributed by atoms with E-state index in [1.54, 1.807) is 0 Å². The van der Waals surface area contributed by atoms with E-state index < -0.39 is 0 Å². The van der Waals surface area contributed by atoms with E-state index in [-0.39, 0.29) is 0 Å². The van der Waals surface area contributed by atoms with Gasteiger partial charge in [-0.15, -0.1) is 0 Å². The standard InChI is InChI=1S/C7H9N.C5H9NO.C2H6/c1-6-4-3-5-7(2)8-6;7-4-6-3-5-1-2-5;1-2/h3-5H,1-2H3;4-5H,1-3H2,(H,6,7);1-2H3. The molecule has 1 N–H and O–H groups in total. The Bertz CT molecular complexity index is 292. The molecular formula is C14H24N2O. The maximum absolute atomic E-state index is 9.63. The van der Waals surface area contributed by atoms with Gasteiger partial charge in [-0.05, 0) is 44.7 Å². The van der Waals surface area contributed by atoms with Crippen molar-refractivity contribution in [1.29, 1.82) is 0 Å². The number of hydrogen-bond acceptors (Lipinski definition) is 2. The quantitative estimate of drug-likeness (QED) is 0.820. The van der Waals surface area contributed by atoms with Crippen molar-refractivity contribution < 1.29 is 4.79 Å². The summed E-state index contributed by atoms with van der Waals surface area (Å²) in [5.41, 5.74) is 2.18. The highest BCUT2D eigenvalue weighted by molar-refractivity contribution is 5.45. The molecule has 0 unspecified atom stereocenters. The highest BCUT2D eigenvalue weighted by Gasteiger charge is 2.19. The number of carbonyl (C=O) groups excluding carboxylic acids is 1. The molecule has 0 aromatic carbocycles. The van der Waals surface area contributed by atoms with E-state index in [1.807, 2.05) is 45.9 Å². The molecule has 1 heterocycles. The largest absolute Gasteiger partial charge is 0.358 e. The predicted octanol–water partition coefficient (Wildman–Crippen LogP) is 2.87. The van der Waals surface area contributed by atoms with Crippen LogP contribution in [0.2, 0.25) is 0 Å². The van der Waals surface area contributed by atoms with Crippen molar-refractivity contribution in [2.24, 2.45) is 5.92 Å². The second-order valence-electron chi connectivity index (χ2n) is 3.89. The summed E-state index contributed by atoms with van der Waals surface area (Å²) in [6.45, 7) is 8.88. The Hall–Kier alpha value is -1.38. The van der Waals surface area contributed by atoms with Crippen molar-refractivity contribution in [3.8, 4) is 0 Å². The number of rotatable bonds is 3. The Labute approximate surface area is 105 Å². The minimum Gasteiger partial charge on any atom is -0.358 e. The highest BCUT2D eigenvalue weighted by atomic mass is 16.1. The van der Waals surface area contributed by atoms with Gasteiger partial charge in [-0.2, -0.15) is 0 Å². The summed E-state index contributed by atoms with van der Waals surface area (Å²) < 4.78 is 0. The number of carbonyl (C=O) groups is 1. The Kier molecular flexibility index (Phi) is 9.02. The molecule has 0 saturated heterocycles. The number of nitrogens with one attached hydrogen (secondary N) is 1. The van der Waals surface area contributed by atoms with E-state index in [1.165, 1.54) is 12.8 Å². The normalized spacial score (nSPS) is 12.5. The van der Waals surface area contributed by atoms with Crippen molar-refractivity contribution >= 4 is 6.41 Å². The van der Waals surface area contributed by atoms with Crippen LogP contribution in [0.3, 0.4) is 0 Å². The van der Waals surface area contributed by atoms with Crippen molar-refractivity contribution in [3.05, 3.63) is 29.6 Å². The first-order valence-corrected chi connectivity index (χ1v) is 6.29. The number of nitrogens with zero attached hydrogens (tertiary/aromatic N) is 1. The first-order chi connectivity index (χ1) is 8.22. The molecule has 17 heavy (non-hydrogen) atoms. The second-order valence-corrected chi connectivity index (χ2v) is 3.89. The van der Waals surface area contributed by atoms with Crippen LogP contribution < -0.4 is 5.32 Å².